The molecule has 55 valence electrons. The SMILES string of the molecule is [CH2]C(O)CC(CC)CC. The van der Waals surface area contributed by atoms with E-state index in [4.69, 9.17) is 5.11 Å². The molecule has 0 aromatic heterocycles. The van der Waals surface area contributed by atoms with Crippen LogP contribution in [0.15, 0.2) is 0 Å². The minimum absolute atomic E-state index is 0.366. The lowest BCUT2D eigenvalue weighted by atomic mass is 9.97. The Balaban J connectivity index is 3.31. The monoisotopic (exact) mass is 129 g/mol. The van der Waals surface area contributed by atoms with Crippen LogP contribution in [-0.4, -0.2) is 11.2 Å². The Kier molecular flexibility index (Phi) is 4.78. The van der Waals surface area contributed by atoms with Crippen molar-refractivity contribution in [1.29, 1.82) is 0 Å². The summed E-state index contributed by atoms with van der Waals surface area (Å²) in [4.78, 5) is 0. The molecular weight excluding hydrogens is 112 g/mol. The summed E-state index contributed by atoms with van der Waals surface area (Å²) in [6.07, 6.45) is 2.80. The van der Waals surface area contributed by atoms with Gasteiger partial charge in [-0.15, -0.1) is 0 Å². The van der Waals surface area contributed by atoms with Gasteiger partial charge in [0, 0.05) is 0 Å². The molecule has 1 heteroatoms. The molecule has 0 aromatic carbocycles. The van der Waals surface area contributed by atoms with Gasteiger partial charge in [-0.05, 0) is 19.3 Å². The molecule has 0 amide bonds. The van der Waals surface area contributed by atoms with Crippen LogP contribution < -0.4 is 0 Å². The highest BCUT2D eigenvalue weighted by atomic mass is 16.3. The van der Waals surface area contributed by atoms with Crippen LogP contribution >= 0.6 is 0 Å². The summed E-state index contributed by atoms with van der Waals surface area (Å²) in [5, 5.41) is 8.87. The van der Waals surface area contributed by atoms with Crippen LogP contribution in [0.3, 0.4) is 0 Å². The number of hydrogen-bond acceptors (Lipinski definition) is 1. The summed E-state index contributed by atoms with van der Waals surface area (Å²) >= 11 is 0. The first-order valence-corrected chi connectivity index (χ1v) is 3.71. The van der Waals surface area contributed by atoms with Crippen molar-refractivity contribution in [1.82, 2.24) is 0 Å². The van der Waals surface area contributed by atoms with Crippen molar-refractivity contribution in [3.63, 3.8) is 0 Å². The quantitative estimate of drug-likeness (QED) is 0.615. The third kappa shape index (κ3) is 4.46. The average molecular weight is 129 g/mol. The number of rotatable bonds is 4. The smallest absolute Gasteiger partial charge is 0.0543 e. The molecule has 0 saturated heterocycles. The Morgan fingerprint density at radius 1 is 1.33 bits per heavy atom. The summed E-state index contributed by atoms with van der Waals surface area (Å²) in [6, 6.07) is 0. The third-order valence-corrected chi connectivity index (χ3v) is 1.76. The molecule has 0 bridgehead atoms. The summed E-state index contributed by atoms with van der Waals surface area (Å²) in [6.45, 7) is 7.83. The molecule has 0 spiro atoms. The highest BCUT2D eigenvalue weighted by Gasteiger charge is 2.05. The van der Waals surface area contributed by atoms with Gasteiger partial charge in [0.1, 0.15) is 0 Å². The fourth-order valence-corrected chi connectivity index (χ4v) is 1.01. The molecule has 0 rings (SSSR count). The maximum Gasteiger partial charge on any atom is 0.0543 e. The summed E-state index contributed by atoms with van der Waals surface area (Å²) < 4.78 is 0. The van der Waals surface area contributed by atoms with Gasteiger partial charge >= 0.3 is 0 Å². The summed E-state index contributed by atoms with van der Waals surface area (Å²) in [5.74, 6) is 0.664. The lowest BCUT2D eigenvalue weighted by molar-refractivity contribution is 0.181. The van der Waals surface area contributed by atoms with Gasteiger partial charge in [-0.1, -0.05) is 26.7 Å². The Bertz CT molecular complexity index is 55.6. The van der Waals surface area contributed by atoms with Crippen LogP contribution in [0.2, 0.25) is 0 Å². The molecule has 0 fully saturated rings. The maximum absolute atomic E-state index is 8.87. The minimum Gasteiger partial charge on any atom is -0.393 e. The molecule has 0 heterocycles. The van der Waals surface area contributed by atoms with Gasteiger partial charge in [0.05, 0.1) is 6.10 Å². The van der Waals surface area contributed by atoms with E-state index in [9.17, 15) is 0 Å². The predicted octanol–water partition coefficient (Wildman–Crippen LogP) is 2.01. The maximum atomic E-state index is 8.87. The van der Waals surface area contributed by atoms with E-state index in [1.807, 2.05) is 0 Å². The zero-order chi connectivity index (χ0) is 7.28. The highest BCUT2D eigenvalue weighted by molar-refractivity contribution is 4.63. The molecule has 0 saturated carbocycles. The molecule has 1 radical (unpaired) electrons. The van der Waals surface area contributed by atoms with Crippen molar-refractivity contribution < 1.29 is 5.11 Å². The average Bonchev–Trinajstić information content (AvgIpc) is 1.82. The predicted molar refractivity (Wildman–Crippen MR) is 40.1 cm³/mol. The van der Waals surface area contributed by atoms with Crippen LogP contribution in [0.5, 0.6) is 0 Å². The second kappa shape index (κ2) is 4.80. The lowest BCUT2D eigenvalue weighted by Gasteiger charge is -2.12. The van der Waals surface area contributed by atoms with Crippen molar-refractivity contribution in [2.75, 3.05) is 0 Å². The lowest BCUT2D eigenvalue weighted by Crippen LogP contribution is -2.08. The number of hydrogen-bond donors (Lipinski definition) is 1. The van der Waals surface area contributed by atoms with E-state index in [0.717, 1.165) is 19.3 Å². The fraction of sp³-hybridized carbons (Fsp3) is 0.875. The molecule has 0 aliphatic rings. The van der Waals surface area contributed by atoms with E-state index >= 15 is 0 Å². The first-order chi connectivity index (χ1) is 4.20. The molecule has 1 N–H and O–H groups in total. The van der Waals surface area contributed by atoms with Crippen molar-refractivity contribution in [2.45, 2.75) is 39.2 Å². The van der Waals surface area contributed by atoms with Crippen LogP contribution in [0.1, 0.15) is 33.1 Å². The normalized spacial score (nSPS) is 14.3. The zero-order valence-corrected chi connectivity index (χ0v) is 6.43. The van der Waals surface area contributed by atoms with Gasteiger partial charge in [-0.2, -0.15) is 0 Å². The summed E-state index contributed by atoms with van der Waals surface area (Å²) in [5.41, 5.74) is 0. The Morgan fingerprint density at radius 3 is 1.89 bits per heavy atom. The summed E-state index contributed by atoms with van der Waals surface area (Å²) in [7, 11) is 0. The number of aliphatic hydroxyl groups excluding tert-OH is 1. The molecule has 9 heavy (non-hydrogen) atoms. The van der Waals surface area contributed by atoms with Gasteiger partial charge in [0.15, 0.2) is 0 Å². The van der Waals surface area contributed by atoms with Gasteiger partial charge in [0.2, 0.25) is 0 Å². The van der Waals surface area contributed by atoms with Crippen LogP contribution in [0.25, 0.3) is 0 Å². The van der Waals surface area contributed by atoms with Crippen molar-refractivity contribution in [3.8, 4) is 0 Å². The first kappa shape index (κ1) is 8.96. The van der Waals surface area contributed by atoms with Crippen LogP contribution in [0.4, 0.5) is 0 Å². The van der Waals surface area contributed by atoms with Gasteiger partial charge < -0.3 is 5.11 Å². The number of aliphatic hydroxyl groups is 1. The zero-order valence-electron chi connectivity index (χ0n) is 6.43. The Hall–Kier alpha value is -0.0400. The topological polar surface area (TPSA) is 20.2 Å². The van der Waals surface area contributed by atoms with E-state index in [1.54, 1.807) is 0 Å². The van der Waals surface area contributed by atoms with Crippen molar-refractivity contribution in [2.24, 2.45) is 5.92 Å². The highest BCUT2D eigenvalue weighted by Crippen LogP contribution is 2.13. The van der Waals surface area contributed by atoms with E-state index in [0.29, 0.717) is 5.92 Å². The van der Waals surface area contributed by atoms with E-state index in [2.05, 4.69) is 20.8 Å². The van der Waals surface area contributed by atoms with E-state index < -0.39 is 0 Å². The van der Waals surface area contributed by atoms with Crippen LogP contribution in [0, 0.1) is 12.8 Å². The van der Waals surface area contributed by atoms with Crippen molar-refractivity contribution >= 4 is 0 Å². The van der Waals surface area contributed by atoms with E-state index in [1.165, 1.54) is 0 Å². The molecule has 1 nitrogen and oxygen atoms in total. The minimum atomic E-state index is -0.366. The van der Waals surface area contributed by atoms with Crippen LogP contribution in [-0.2, 0) is 0 Å². The van der Waals surface area contributed by atoms with Crippen molar-refractivity contribution in [3.05, 3.63) is 6.92 Å². The van der Waals surface area contributed by atoms with Gasteiger partial charge in [-0.25, -0.2) is 0 Å². The molecule has 0 aliphatic carbocycles. The second-order valence-corrected chi connectivity index (χ2v) is 2.57. The molecule has 1 unspecified atom stereocenters. The fourth-order valence-electron chi connectivity index (χ4n) is 1.01. The third-order valence-electron chi connectivity index (χ3n) is 1.76. The first-order valence-electron chi connectivity index (χ1n) is 3.71. The molecule has 0 aliphatic heterocycles. The van der Waals surface area contributed by atoms with Gasteiger partial charge in [-0.3, -0.25) is 0 Å². The molecule has 0 aromatic rings. The Labute approximate surface area is 58.1 Å². The van der Waals surface area contributed by atoms with E-state index in [-0.39, 0.29) is 6.10 Å². The largest absolute Gasteiger partial charge is 0.393 e. The van der Waals surface area contributed by atoms with Gasteiger partial charge in [0.25, 0.3) is 0 Å². The molecule has 1 atom stereocenters. The Morgan fingerprint density at radius 2 is 1.78 bits per heavy atom. The second-order valence-electron chi connectivity index (χ2n) is 2.57. The standard InChI is InChI=1S/C8H17O/c1-4-8(5-2)6-7(3)9/h7-9H,3-6H2,1-2H3. The molecular formula is C8H17O.